The number of unbranched alkanes of at least 4 members (excludes halogenated alkanes) is 7. The van der Waals surface area contributed by atoms with E-state index in [2.05, 4.69) is 12.2 Å². The smallest absolute Gasteiger partial charge is 0.407 e. The maximum absolute atomic E-state index is 11.7. The molecule has 1 unspecified atom stereocenters. The molecule has 0 aliphatic carbocycles. The van der Waals surface area contributed by atoms with Crippen LogP contribution in [-0.2, 0) is 14.6 Å². The molecule has 0 radical (unpaired) electrons. The number of ether oxygens (including phenoxy) is 1. The first kappa shape index (κ1) is 19.3. The van der Waals surface area contributed by atoms with Crippen LogP contribution in [0, 0.1) is 0 Å². The molecule has 0 spiro atoms. The van der Waals surface area contributed by atoms with Crippen molar-refractivity contribution in [1.82, 2.24) is 5.32 Å². The quantitative estimate of drug-likeness (QED) is 0.622. The summed E-state index contributed by atoms with van der Waals surface area (Å²) in [6, 6.07) is 0. The van der Waals surface area contributed by atoms with Gasteiger partial charge in [-0.25, -0.2) is 13.2 Å². The van der Waals surface area contributed by atoms with E-state index in [0.717, 1.165) is 12.8 Å². The summed E-state index contributed by atoms with van der Waals surface area (Å²) >= 11 is 0. The molecule has 1 rings (SSSR count). The Balaban J connectivity index is 2.02. The van der Waals surface area contributed by atoms with E-state index in [-0.39, 0.29) is 11.5 Å². The number of carbonyl (C=O) groups excluding carboxylic acids is 1. The summed E-state index contributed by atoms with van der Waals surface area (Å²) in [6.07, 6.45) is 9.54. The zero-order valence-electron chi connectivity index (χ0n) is 14.0. The van der Waals surface area contributed by atoms with Gasteiger partial charge in [-0.05, 0) is 19.8 Å². The van der Waals surface area contributed by atoms with E-state index in [1.54, 1.807) is 6.92 Å². The lowest BCUT2D eigenvalue weighted by Crippen LogP contribution is -2.47. The summed E-state index contributed by atoms with van der Waals surface area (Å²) in [5, 5.41) is 2.70. The average molecular weight is 333 g/mol. The molecule has 1 N–H and O–H groups in total. The third-order valence-corrected chi connectivity index (χ3v) is 6.04. The SMILES string of the molecule is CCCCCCCCCCOC(=O)NC1(C)CCS(=O)(=O)C1. The van der Waals surface area contributed by atoms with Crippen molar-refractivity contribution >= 4 is 15.9 Å². The van der Waals surface area contributed by atoms with Gasteiger partial charge in [0.15, 0.2) is 9.84 Å². The standard InChI is InChI=1S/C16H31NO4S/c1-3-4-5-6-7-8-9-10-12-21-15(18)17-16(2)11-13-22(19,20)14-16/h3-14H2,1-2H3,(H,17,18). The fourth-order valence-electron chi connectivity index (χ4n) is 2.79. The zero-order chi connectivity index (χ0) is 16.5. The molecular weight excluding hydrogens is 302 g/mol. The fourth-order valence-corrected chi connectivity index (χ4v) is 4.89. The van der Waals surface area contributed by atoms with Crippen molar-refractivity contribution in [1.29, 1.82) is 0 Å². The minimum absolute atomic E-state index is 0.00681. The molecule has 130 valence electrons. The number of hydrogen-bond donors (Lipinski definition) is 1. The van der Waals surface area contributed by atoms with E-state index in [9.17, 15) is 13.2 Å². The van der Waals surface area contributed by atoms with Crippen LogP contribution in [0.1, 0.15) is 71.6 Å². The van der Waals surface area contributed by atoms with Crippen molar-refractivity contribution in [3.8, 4) is 0 Å². The molecular formula is C16H31NO4S. The molecule has 1 atom stereocenters. The van der Waals surface area contributed by atoms with E-state index in [0.29, 0.717) is 13.0 Å². The number of nitrogens with one attached hydrogen (secondary N) is 1. The molecule has 6 heteroatoms. The summed E-state index contributed by atoms with van der Waals surface area (Å²) < 4.78 is 28.1. The fraction of sp³-hybridized carbons (Fsp3) is 0.938. The van der Waals surface area contributed by atoms with E-state index >= 15 is 0 Å². The molecule has 1 saturated heterocycles. The van der Waals surface area contributed by atoms with Crippen molar-refractivity contribution in [2.45, 2.75) is 77.2 Å². The van der Waals surface area contributed by atoms with Gasteiger partial charge in [0.25, 0.3) is 0 Å². The Morgan fingerprint density at radius 2 is 1.68 bits per heavy atom. The highest BCUT2D eigenvalue weighted by Crippen LogP contribution is 2.22. The van der Waals surface area contributed by atoms with E-state index in [4.69, 9.17) is 4.74 Å². The Morgan fingerprint density at radius 3 is 2.23 bits per heavy atom. The van der Waals surface area contributed by atoms with Crippen LogP contribution in [-0.4, -0.2) is 38.2 Å². The van der Waals surface area contributed by atoms with Crippen molar-refractivity contribution < 1.29 is 17.9 Å². The van der Waals surface area contributed by atoms with Gasteiger partial charge in [-0.3, -0.25) is 0 Å². The Hall–Kier alpha value is -0.780. The second-order valence-corrected chi connectivity index (χ2v) is 8.82. The highest BCUT2D eigenvalue weighted by atomic mass is 32.2. The minimum atomic E-state index is -3.01. The summed E-state index contributed by atoms with van der Waals surface area (Å²) in [4.78, 5) is 11.7. The van der Waals surface area contributed by atoms with Crippen LogP contribution >= 0.6 is 0 Å². The van der Waals surface area contributed by atoms with Crippen LogP contribution in [0.4, 0.5) is 4.79 Å². The maximum atomic E-state index is 11.7. The van der Waals surface area contributed by atoms with E-state index < -0.39 is 21.5 Å². The van der Waals surface area contributed by atoms with Gasteiger partial charge in [-0.1, -0.05) is 51.9 Å². The van der Waals surface area contributed by atoms with Gasteiger partial charge < -0.3 is 10.1 Å². The summed E-state index contributed by atoms with van der Waals surface area (Å²) in [5.74, 6) is 0.147. The van der Waals surface area contributed by atoms with Crippen LogP contribution in [0.25, 0.3) is 0 Å². The number of carbonyl (C=O) groups is 1. The van der Waals surface area contributed by atoms with Crippen LogP contribution in [0.5, 0.6) is 0 Å². The minimum Gasteiger partial charge on any atom is -0.450 e. The lowest BCUT2D eigenvalue weighted by atomic mass is 10.0. The lowest BCUT2D eigenvalue weighted by molar-refractivity contribution is 0.134. The van der Waals surface area contributed by atoms with Crippen molar-refractivity contribution in [3.05, 3.63) is 0 Å². The van der Waals surface area contributed by atoms with Gasteiger partial charge in [0, 0.05) is 0 Å². The molecule has 1 aliphatic heterocycles. The molecule has 1 aliphatic rings. The topological polar surface area (TPSA) is 72.5 Å². The first-order valence-corrected chi connectivity index (χ1v) is 10.3. The van der Waals surface area contributed by atoms with Gasteiger partial charge >= 0.3 is 6.09 Å². The predicted molar refractivity (Wildman–Crippen MR) is 88.8 cm³/mol. The average Bonchev–Trinajstić information content (AvgIpc) is 2.70. The van der Waals surface area contributed by atoms with Crippen molar-refractivity contribution in [2.24, 2.45) is 0 Å². The molecule has 0 bridgehead atoms. The van der Waals surface area contributed by atoms with Crippen molar-refractivity contribution in [2.75, 3.05) is 18.1 Å². The van der Waals surface area contributed by atoms with Crippen LogP contribution in [0.3, 0.4) is 0 Å². The highest BCUT2D eigenvalue weighted by Gasteiger charge is 2.39. The lowest BCUT2D eigenvalue weighted by Gasteiger charge is -2.23. The van der Waals surface area contributed by atoms with Gasteiger partial charge in [0.2, 0.25) is 0 Å². The molecule has 1 fully saturated rings. The number of alkyl carbamates (subject to hydrolysis) is 1. The first-order valence-electron chi connectivity index (χ1n) is 8.52. The van der Waals surface area contributed by atoms with Gasteiger partial charge in [-0.15, -0.1) is 0 Å². The van der Waals surface area contributed by atoms with Gasteiger partial charge in [0.1, 0.15) is 0 Å². The second kappa shape index (κ2) is 9.38. The molecule has 0 aromatic heterocycles. The Bertz CT molecular complexity index is 435. The Morgan fingerprint density at radius 1 is 1.09 bits per heavy atom. The number of rotatable bonds is 10. The van der Waals surface area contributed by atoms with Crippen LogP contribution in [0.2, 0.25) is 0 Å². The Kier molecular flexibility index (Phi) is 8.21. The summed E-state index contributed by atoms with van der Waals surface area (Å²) in [7, 11) is -3.01. The van der Waals surface area contributed by atoms with E-state index in [1.807, 2.05) is 0 Å². The van der Waals surface area contributed by atoms with Crippen LogP contribution < -0.4 is 5.32 Å². The maximum Gasteiger partial charge on any atom is 0.407 e. The predicted octanol–water partition coefficient (Wildman–Crippen LogP) is 3.43. The molecule has 1 amide bonds. The molecule has 5 nitrogen and oxygen atoms in total. The van der Waals surface area contributed by atoms with E-state index in [1.165, 1.54) is 38.5 Å². The molecule has 22 heavy (non-hydrogen) atoms. The number of hydrogen-bond acceptors (Lipinski definition) is 4. The Labute approximate surface area is 135 Å². The molecule has 0 aromatic carbocycles. The summed E-state index contributed by atoms with van der Waals surface area (Å²) in [6.45, 7) is 4.38. The molecule has 1 heterocycles. The molecule has 0 saturated carbocycles. The van der Waals surface area contributed by atoms with Crippen LogP contribution in [0.15, 0.2) is 0 Å². The van der Waals surface area contributed by atoms with Gasteiger partial charge in [0.05, 0.1) is 23.7 Å². The molecule has 0 aromatic rings. The van der Waals surface area contributed by atoms with Crippen molar-refractivity contribution in [3.63, 3.8) is 0 Å². The second-order valence-electron chi connectivity index (χ2n) is 6.64. The normalized spacial score (nSPS) is 23.4. The highest BCUT2D eigenvalue weighted by molar-refractivity contribution is 7.91. The number of amides is 1. The number of sulfone groups is 1. The third-order valence-electron chi connectivity index (χ3n) is 4.14. The first-order chi connectivity index (χ1) is 10.4. The van der Waals surface area contributed by atoms with Gasteiger partial charge in [-0.2, -0.15) is 0 Å². The summed E-state index contributed by atoms with van der Waals surface area (Å²) in [5.41, 5.74) is -0.671. The largest absolute Gasteiger partial charge is 0.450 e. The zero-order valence-corrected chi connectivity index (χ0v) is 14.8. The third kappa shape index (κ3) is 8.01. The monoisotopic (exact) mass is 333 g/mol.